The second-order valence-corrected chi connectivity index (χ2v) is 3.94. The summed E-state index contributed by atoms with van der Waals surface area (Å²) >= 11 is 0. The minimum atomic E-state index is -0.973. The van der Waals surface area contributed by atoms with Crippen molar-refractivity contribution in [3.05, 3.63) is 0 Å². The molecule has 0 fully saturated rings. The number of carbonyl (C=O) groups is 2. The van der Waals surface area contributed by atoms with Crippen LogP contribution in [0.15, 0.2) is 0 Å². The number of ether oxygens (including phenoxy) is 1. The zero-order chi connectivity index (χ0) is 11.3. The van der Waals surface area contributed by atoms with E-state index < -0.39 is 23.8 Å². The quantitative estimate of drug-likeness (QED) is 0.687. The molecule has 2 unspecified atom stereocenters. The van der Waals surface area contributed by atoms with Crippen LogP contribution in [-0.4, -0.2) is 23.7 Å². The zero-order valence-corrected chi connectivity index (χ0v) is 9.11. The molecule has 0 aliphatic rings. The molecule has 0 aromatic rings. The fraction of sp³-hybridized carbons (Fsp3) is 0.800. The molecule has 0 spiro atoms. The topological polar surface area (TPSA) is 63.6 Å². The standard InChI is InChI=1S/C10H18O4/c1-6(2)5-14-10(13)8(4)7(3)9(11)12/h6-8H,5H2,1-4H3,(H,11,12). The Morgan fingerprint density at radius 3 is 2.00 bits per heavy atom. The summed E-state index contributed by atoms with van der Waals surface area (Å²) in [6, 6.07) is 0. The van der Waals surface area contributed by atoms with Gasteiger partial charge in [-0.15, -0.1) is 0 Å². The number of aliphatic carboxylic acids is 1. The molecule has 0 aliphatic carbocycles. The lowest BCUT2D eigenvalue weighted by molar-refractivity contribution is -0.157. The molecule has 4 heteroatoms. The van der Waals surface area contributed by atoms with Crippen molar-refractivity contribution in [3.63, 3.8) is 0 Å². The van der Waals surface area contributed by atoms with Crippen molar-refractivity contribution in [1.82, 2.24) is 0 Å². The maximum Gasteiger partial charge on any atom is 0.309 e. The Morgan fingerprint density at radius 1 is 1.14 bits per heavy atom. The van der Waals surface area contributed by atoms with Crippen molar-refractivity contribution < 1.29 is 19.4 Å². The van der Waals surface area contributed by atoms with Gasteiger partial charge in [-0.25, -0.2) is 0 Å². The maximum atomic E-state index is 11.3. The average Bonchev–Trinajstić information content (AvgIpc) is 2.11. The molecular weight excluding hydrogens is 184 g/mol. The highest BCUT2D eigenvalue weighted by atomic mass is 16.5. The zero-order valence-electron chi connectivity index (χ0n) is 9.11. The number of carbonyl (C=O) groups excluding carboxylic acids is 1. The van der Waals surface area contributed by atoms with Gasteiger partial charge in [0.1, 0.15) is 0 Å². The molecule has 82 valence electrons. The van der Waals surface area contributed by atoms with Gasteiger partial charge in [0.15, 0.2) is 0 Å². The third-order valence-electron chi connectivity index (χ3n) is 2.07. The van der Waals surface area contributed by atoms with E-state index in [0.29, 0.717) is 6.61 Å². The van der Waals surface area contributed by atoms with Gasteiger partial charge in [-0.3, -0.25) is 9.59 Å². The fourth-order valence-corrected chi connectivity index (χ4v) is 0.798. The molecule has 0 aliphatic heterocycles. The van der Waals surface area contributed by atoms with Crippen LogP contribution < -0.4 is 0 Å². The SMILES string of the molecule is CC(C)COC(=O)C(C)C(C)C(=O)O. The van der Waals surface area contributed by atoms with E-state index in [0.717, 1.165) is 0 Å². The summed E-state index contributed by atoms with van der Waals surface area (Å²) in [6.07, 6.45) is 0. The van der Waals surface area contributed by atoms with Crippen molar-refractivity contribution in [1.29, 1.82) is 0 Å². The van der Waals surface area contributed by atoms with E-state index in [2.05, 4.69) is 0 Å². The molecule has 0 rings (SSSR count). The van der Waals surface area contributed by atoms with Crippen LogP contribution in [0.2, 0.25) is 0 Å². The third-order valence-corrected chi connectivity index (χ3v) is 2.07. The van der Waals surface area contributed by atoms with Crippen molar-refractivity contribution in [2.75, 3.05) is 6.61 Å². The van der Waals surface area contributed by atoms with Gasteiger partial charge in [0, 0.05) is 0 Å². The Bertz CT molecular complexity index is 210. The molecule has 0 heterocycles. The largest absolute Gasteiger partial charge is 0.481 e. The molecule has 0 saturated heterocycles. The lowest BCUT2D eigenvalue weighted by Gasteiger charge is -2.15. The fourth-order valence-electron chi connectivity index (χ4n) is 0.798. The third kappa shape index (κ3) is 4.25. The highest BCUT2D eigenvalue weighted by molar-refractivity contribution is 5.80. The van der Waals surface area contributed by atoms with Gasteiger partial charge >= 0.3 is 11.9 Å². The lowest BCUT2D eigenvalue weighted by Crippen LogP contribution is -2.27. The Kier molecular flexibility index (Phi) is 5.20. The first-order chi connectivity index (χ1) is 6.36. The van der Waals surface area contributed by atoms with Gasteiger partial charge < -0.3 is 9.84 Å². The molecule has 0 aromatic heterocycles. The molecule has 1 N–H and O–H groups in total. The molecule has 0 amide bonds. The van der Waals surface area contributed by atoms with E-state index in [1.165, 1.54) is 6.92 Å². The van der Waals surface area contributed by atoms with Crippen LogP contribution in [0.4, 0.5) is 0 Å². The van der Waals surface area contributed by atoms with Gasteiger partial charge in [0.2, 0.25) is 0 Å². The maximum absolute atomic E-state index is 11.3. The lowest BCUT2D eigenvalue weighted by atomic mass is 9.96. The van der Waals surface area contributed by atoms with E-state index in [1.807, 2.05) is 13.8 Å². The first-order valence-corrected chi connectivity index (χ1v) is 4.75. The van der Waals surface area contributed by atoms with Crippen molar-refractivity contribution >= 4 is 11.9 Å². The van der Waals surface area contributed by atoms with Gasteiger partial charge in [0.05, 0.1) is 18.4 Å². The number of hydrogen-bond acceptors (Lipinski definition) is 3. The van der Waals surface area contributed by atoms with Gasteiger partial charge in [-0.1, -0.05) is 27.7 Å². The van der Waals surface area contributed by atoms with Gasteiger partial charge in [-0.2, -0.15) is 0 Å². The van der Waals surface area contributed by atoms with Crippen molar-refractivity contribution in [2.45, 2.75) is 27.7 Å². The predicted molar refractivity (Wildman–Crippen MR) is 51.8 cm³/mol. The second-order valence-electron chi connectivity index (χ2n) is 3.94. The highest BCUT2D eigenvalue weighted by Crippen LogP contribution is 2.13. The first-order valence-electron chi connectivity index (χ1n) is 4.75. The normalized spacial score (nSPS) is 14.9. The number of hydrogen-bond donors (Lipinski definition) is 1. The Morgan fingerprint density at radius 2 is 1.64 bits per heavy atom. The van der Waals surface area contributed by atoms with Crippen LogP contribution in [0.5, 0.6) is 0 Å². The molecule has 0 saturated carbocycles. The minimum absolute atomic E-state index is 0.270. The van der Waals surface area contributed by atoms with Crippen LogP contribution in [0, 0.1) is 17.8 Å². The number of carboxylic acid groups (broad SMARTS) is 1. The monoisotopic (exact) mass is 202 g/mol. The summed E-state index contributed by atoms with van der Waals surface area (Å²) < 4.78 is 4.93. The van der Waals surface area contributed by atoms with Crippen LogP contribution in [-0.2, 0) is 14.3 Å². The molecular formula is C10H18O4. The van der Waals surface area contributed by atoms with Crippen LogP contribution in [0.25, 0.3) is 0 Å². The minimum Gasteiger partial charge on any atom is -0.481 e. The molecule has 4 nitrogen and oxygen atoms in total. The van der Waals surface area contributed by atoms with Gasteiger partial charge in [-0.05, 0) is 5.92 Å². The molecule has 2 atom stereocenters. The van der Waals surface area contributed by atoms with Gasteiger partial charge in [0.25, 0.3) is 0 Å². The molecule has 0 aromatic carbocycles. The first kappa shape index (κ1) is 12.9. The van der Waals surface area contributed by atoms with Crippen LogP contribution >= 0.6 is 0 Å². The molecule has 14 heavy (non-hydrogen) atoms. The number of carboxylic acids is 1. The van der Waals surface area contributed by atoms with E-state index in [1.54, 1.807) is 6.92 Å². The number of rotatable bonds is 5. The molecule has 0 bridgehead atoms. The summed E-state index contributed by atoms with van der Waals surface area (Å²) in [5.41, 5.74) is 0. The summed E-state index contributed by atoms with van der Waals surface area (Å²) in [6.45, 7) is 7.28. The van der Waals surface area contributed by atoms with E-state index in [9.17, 15) is 9.59 Å². The Hall–Kier alpha value is -1.06. The van der Waals surface area contributed by atoms with E-state index in [-0.39, 0.29) is 5.92 Å². The Balaban J connectivity index is 4.05. The molecule has 0 radical (unpaired) electrons. The Labute approximate surface area is 84.3 Å². The van der Waals surface area contributed by atoms with E-state index in [4.69, 9.17) is 9.84 Å². The van der Waals surface area contributed by atoms with E-state index >= 15 is 0 Å². The summed E-state index contributed by atoms with van der Waals surface area (Å²) in [7, 11) is 0. The van der Waals surface area contributed by atoms with Crippen molar-refractivity contribution in [3.8, 4) is 0 Å². The summed E-state index contributed by atoms with van der Waals surface area (Å²) in [4.78, 5) is 21.9. The van der Waals surface area contributed by atoms with Crippen LogP contribution in [0.3, 0.4) is 0 Å². The van der Waals surface area contributed by atoms with Crippen LogP contribution in [0.1, 0.15) is 27.7 Å². The predicted octanol–water partition coefficient (Wildman–Crippen LogP) is 1.54. The second kappa shape index (κ2) is 5.62. The smallest absolute Gasteiger partial charge is 0.309 e. The van der Waals surface area contributed by atoms with Crippen molar-refractivity contribution in [2.24, 2.45) is 17.8 Å². The average molecular weight is 202 g/mol. The number of esters is 1. The highest BCUT2D eigenvalue weighted by Gasteiger charge is 2.26. The summed E-state index contributed by atoms with van der Waals surface area (Å²) in [5.74, 6) is -2.43. The summed E-state index contributed by atoms with van der Waals surface area (Å²) in [5, 5.41) is 8.67.